The quantitative estimate of drug-likeness (QED) is 0.658. The first-order valence-corrected chi connectivity index (χ1v) is 10.4. The van der Waals surface area contributed by atoms with Crippen LogP contribution < -0.4 is 4.74 Å². The highest BCUT2D eigenvalue weighted by atomic mass is 16.5. The van der Waals surface area contributed by atoms with Crippen molar-refractivity contribution in [3.05, 3.63) is 77.0 Å². The van der Waals surface area contributed by atoms with E-state index in [0.29, 0.717) is 5.92 Å². The lowest BCUT2D eigenvalue weighted by molar-refractivity contribution is 0.103. The van der Waals surface area contributed by atoms with Crippen LogP contribution in [0.3, 0.4) is 0 Å². The Balaban J connectivity index is 1.27. The number of ketones is 1. The molecule has 0 radical (unpaired) electrons. The Bertz CT molecular complexity index is 1070. The minimum absolute atomic E-state index is 0.168. The normalized spacial score (nSPS) is 19.2. The number of carbonyl (C=O) groups excluding carboxylic acids is 1. The van der Waals surface area contributed by atoms with Crippen LogP contribution in [0, 0.1) is 5.92 Å². The molecule has 0 spiro atoms. The number of Topliss-reactive ketones (excluding diaryl/α,β-unsaturated/α-hetero) is 1. The molecule has 148 valence electrons. The van der Waals surface area contributed by atoms with Crippen LogP contribution in [0.4, 0.5) is 0 Å². The molecule has 3 aromatic rings. The third-order valence-corrected chi connectivity index (χ3v) is 6.32. The summed E-state index contributed by atoms with van der Waals surface area (Å²) >= 11 is 0. The Morgan fingerprint density at radius 1 is 1.14 bits per heavy atom. The molecule has 0 saturated carbocycles. The third kappa shape index (κ3) is 3.49. The molecular formula is C25H26N2O2. The Kier molecular flexibility index (Phi) is 4.72. The van der Waals surface area contributed by atoms with Crippen LogP contribution in [-0.4, -0.2) is 35.9 Å². The predicted molar refractivity (Wildman–Crippen MR) is 115 cm³/mol. The Hall–Kier alpha value is -2.85. The van der Waals surface area contributed by atoms with Gasteiger partial charge >= 0.3 is 0 Å². The highest BCUT2D eigenvalue weighted by Gasteiger charge is 2.30. The van der Waals surface area contributed by atoms with E-state index in [0.717, 1.165) is 72.4 Å². The lowest BCUT2D eigenvalue weighted by atomic mass is 9.93. The number of piperidine rings is 1. The average molecular weight is 386 g/mol. The SMILES string of the molecule is COc1ccc2[nH]c3c(c2c1)CC(=CC1CCN(Cc2ccccc2)CC1)C3=O. The molecule has 2 aliphatic rings. The number of nitrogens with zero attached hydrogens (tertiary/aromatic N) is 1. The van der Waals surface area contributed by atoms with Crippen LogP contribution in [0.15, 0.2) is 60.2 Å². The Morgan fingerprint density at radius 2 is 1.93 bits per heavy atom. The molecule has 0 atom stereocenters. The zero-order valence-corrected chi connectivity index (χ0v) is 16.8. The van der Waals surface area contributed by atoms with Gasteiger partial charge in [0, 0.05) is 29.4 Å². The van der Waals surface area contributed by atoms with E-state index in [1.807, 2.05) is 18.2 Å². The lowest BCUT2D eigenvalue weighted by Crippen LogP contribution is -2.32. The van der Waals surface area contributed by atoms with E-state index >= 15 is 0 Å². The maximum Gasteiger partial charge on any atom is 0.205 e. The van der Waals surface area contributed by atoms with Crippen molar-refractivity contribution in [1.82, 2.24) is 9.88 Å². The van der Waals surface area contributed by atoms with Crippen LogP contribution in [-0.2, 0) is 13.0 Å². The summed E-state index contributed by atoms with van der Waals surface area (Å²) in [6, 6.07) is 16.6. The minimum atomic E-state index is 0.168. The monoisotopic (exact) mass is 386 g/mol. The van der Waals surface area contributed by atoms with Crippen LogP contribution >= 0.6 is 0 Å². The molecular weight excluding hydrogens is 360 g/mol. The maximum atomic E-state index is 13.0. The number of hydrogen-bond donors (Lipinski definition) is 1. The molecule has 1 N–H and O–H groups in total. The number of ether oxygens (including phenoxy) is 1. The molecule has 29 heavy (non-hydrogen) atoms. The first kappa shape index (κ1) is 18.2. The van der Waals surface area contributed by atoms with Crippen molar-refractivity contribution in [3.8, 4) is 5.75 Å². The summed E-state index contributed by atoms with van der Waals surface area (Å²) in [5, 5.41) is 1.11. The average Bonchev–Trinajstić information content (AvgIpc) is 3.26. The number of rotatable bonds is 4. The fourth-order valence-corrected chi connectivity index (χ4v) is 4.70. The van der Waals surface area contributed by atoms with E-state index in [4.69, 9.17) is 4.74 Å². The van der Waals surface area contributed by atoms with Crippen molar-refractivity contribution in [2.24, 2.45) is 5.92 Å². The molecule has 1 fully saturated rings. The van der Waals surface area contributed by atoms with E-state index in [1.54, 1.807) is 7.11 Å². The summed E-state index contributed by atoms with van der Waals surface area (Å²) in [4.78, 5) is 18.8. The van der Waals surface area contributed by atoms with Gasteiger partial charge < -0.3 is 9.72 Å². The highest BCUT2D eigenvalue weighted by molar-refractivity contribution is 6.15. The predicted octanol–water partition coefficient (Wildman–Crippen LogP) is 4.75. The summed E-state index contributed by atoms with van der Waals surface area (Å²) in [6.45, 7) is 3.19. The summed E-state index contributed by atoms with van der Waals surface area (Å²) in [5.41, 5.74) is 5.23. The van der Waals surface area contributed by atoms with Crippen LogP contribution in [0.5, 0.6) is 5.75 Å². The van der Waals surface area contributed by atoms with Crippen molar-refractivity contribution in [1.29, 1.82) is 0 Å². The molecule has 0 amide bonds. The number of nitrogens with one attached hydrogen (secondary N) is 1. The van der Waals surface area contributed by atoms with Gasteiger partial charge in [0.1, 0.15) is 5.75 Å². The first-order valence-electron chi connectivity index (χ1n) is 10.4. The van der Waals surface area contributed by atoms with Gasteiger partial charge in [0.05, 0.1) is 12.8 Å². The maximum absolute atomic E-state index is 13.0. The molecule has 2 heterocycles. The molecule has 0 unspecified atom stereocenters. The fraction of sp³-hybridized carbons (Fsp3) is 0.320. The van der Waals surface area contributed by atoms with Crippen molar-refractivity contribution < 1.29 is 9.53 Å². The molecule has 1 aromatic heterocycles. The van der Waals surface area contributed by atoms with Gasteiger partial charge in [-0.3, -0.25) is 9.69 Å². The third-order valence-electron chi connectivity index (χ3n) is 6.32. The number of fused-ring (bicyclic) bond motifs is 3. The van der Waals surface area contributed by atoms with Gasteiger partial charge in [0.25, 0.3) is 0 Å². The van der Waals surface area contributed by atoms with Gasteiger partial charge in [-0.05, 0) is 61.2 Å². The number of aromatic nitrogens is 1. The molecule has 4 heteroatoms. The summed E-state index contributed by atoms with van der Waals surface area (Å²) in [7, 11) is 1.68. The Morgan fingerprint density at radius 3 is 2.69 bits per heavy atom. The number of hydrogen-bond acceptors (Lipinski definition) is 3. The van der Waals surface area contributed by atoms with Crippen LogP contribution in [0.2, 0.25) is 0 Å². The second-order valence-corrected chi connectivity index (χ2v) is 8.19. The molecule has 1 aliphatic carbocycles. The van der Waals surface area contributed by atoms with Gasteiger partial charge in [-0.15, -0.1) is 0 Å². The molecule has 2 aromatic carbocycles. The number of carbonyl (C=O) groups is 1. The van der Waals surface area contributed by atoms with Gasteiger partial charge in [-0.1, -0.05) is 36.4 Å². The number of allylic oxidation sites excluding steroid dienone is 2. The molecule has 5 rings (SSSR count). The molecule has 1 aliphatic heterocycles. The Labute approximate surface area is 171 Å². The van der Waals surface area contributed by atoms with Gasteiger partial charge in [0.2, 0.25) is 5.78 Å². The second kappa shape index (κ2) is 7.53. The highest BCUT2D eigenvalue weighted by Crippen LogP contribution is 2.35. The van der Waals surface area contributed by atoms with Crippen LogP contribution in [0.25, 0.3) is 10.9 Å². The number of likely N-dealkylation sites (tertiary alicyclic amines) is 1. The van der Waals surface area contributed by atoms with E-state index in [2.05, 4.69) is 46.3 Å². The summed E-state index contributed by atoms with van der Waals surface area (Å²) in [6.07, 6.45) is 5.21. The largest absolute Gasteiger partial charge is 0.497 e. The lowest BCUT2D eigenvalue weighted by Gasteiger charge is -2.30. The van der Waals surface area contributed by atoms with E-state index in [9.17, 15) is 4.79 Å². The smallest absolute Gasteiger partial charge is 0.205 e. The van der Waals surface area contributed by atoms with Crippen molar-refractivity contribution >= 4 is 16.7 Å². The van der Waals surface area contributed by atoms with E-state index in [1.165, 1.54) is 5.56 Å². The van der Waals surface area contributed by atoms with Gasteiger partial charge in [-0.25, -0.2) is 0 Å². The number of methoxy groups -OCH3 is 1. The van der Waals surface area contributed by atoms with Crippen LogP contribution in [0.1, 0.15) is 34.5 Å². The fourth-order valence-electron chi connectivity index (χ4n) is 4.70. The second-order valence-electron chi connectivity index (χ2n) is 8.19. The summed E-state index contributed by atoms with van der Waals surface area (Å²) < 4.78 is 5.36. The zero-order chi connectivity index (χ0) is 19.8. The van der Waals surface area contributed by atoms with Crippen molar-refractivity contribution in [2.75, 3.05) is 20.2 Å². The van der Waals surface area contributed by atoms with E-state index in [-0.39, 0.29) is 5.78 Å². The molecule has 1 saturated heterocycles. The van der Waals surface area contributed by atoms with Gasteiger partial charge in [-0.2, -0.15) is 0 Å². The first-order chi connectivity index (χ1) is 14.2. The zero-order valence-electron chi connectivity index (χ0n) is 16.8. The molecule has 0 bridgehead atoms. The number of H-pyrrole nitrogens is 1. The standard InChI is InChI=1S/C25H26N2O2/c1-29-20-7-8-23-21(15-20)22-14-19(25(28)24(22)26-23)13-17-9-11-27(12-10-17)16-18-5-3-2-4-6-18/h2-8,13,15,17,26H,9-12,14,16H2,1H3. The molecule has 4 nitrogen and oxygen atoms in total. The van der Waals surface area contributed by atoms with Crippen molar-refractivity contribution in [2.45, 2.75) is 25.8 Å². The van der Waals surface area contributed by atoms with Crippen molar-refractivity contribution in [3.63, 3.8) is 0 Å². The topological polar surface area (TPSA) is 45.3 Å². The summed E-state index contributed by atoms with van der Waals surface area (Å²) in [5.74, 6) is 1.49. The minimum Gasteiger partial charge on any atom is -0.497 e. The number of benzene rings is 2. The number of aromatic amines is 1. The van der Waals surface area contributed by atoms with Gasteiger partial charge in [0.15, 0.2) is 0 Å². The van der Waals surface area contributed by atoms with E-state index < -0.39 is 0 Å².